The second kappa shape index (κ2) is 4.33. The summed E-state index contributed by atoms with van der Waals surface area (Å²) in [6, 6.07) is 0. The van der Waals surface area contributed by atoms with Gasteiger partial charge in [0.2, 0.25) is 0 Å². The second-order valence-corrected chi connectivity index (χ2v) is 5.04. The quantitative estimate of drug-likeness (QED) is 0.670. The Morgan fingerprint density at radius 2 is 2.08 bits per heavy atom. The van der Waals surface area contributed by atoms with Crippen LogP contribution in [0, 0.1) is 0 Å². The van der Waals surface area contributed by atoms with Crippen LogP contribution in [0.15, 0.2) is 0 Å². The van der Waals surface area contributed by atoms with Crippen LogP contribution in [-0.2, 0) is 9.53 Å². The van der Waals surface area contributed by atoms with Gasteiger partial charge in [0, 0.05) is 11.7 Å². The number of esters is 1. The zero-order valence-electron chi connectivity index (χ0n) is 7.62. The third-order valence-electron chi connectivity index (χ3n) is 2.53. The van der Waals surface area contributed by atoms with Crippen LogP contribution in [0.2, 0.25) is 0 Å². The van der Waals surface area contributed by atoms with E-state index in [0.717, 1.165) is 19.5 Å². The predicted molar refractivity (Wildman–Crippen MR) is 52.8 cm³/mol. The number of carbonyl (C=O) groups excluding carboxylic acids is 1. The van der Waals surface area contributed by atoms with Crippen LogP contribution in [0.5, 0.6) is 0 Å². The Kier molecular flexibility index (Phi) is 3.11. The lowest BCUT2D eigenvalue weighted by molar-refractivity contribution is -0.137. The summed E-state index contributed by atoms with van der Waals surface area (Å²) in [5, 5.41) is 4.11. The molecule has 0 saturated carbocycles. The third kappa shape index (κ3) is 2.38. The number of cyclic esters (lactones) is 1. The Bertz CT molecular complexity index is 192. The highest BCUT2D eigenvalue weighted by atomic mass is 32.2. The Balaban J connectivity index is 1.79. The van der Waals surface area contributed by atoms with Crippen LogP contribution in [0.3, 0.4) is 0 Å². The van der Waals surface area contributed by atoms with E-state index in [1.54, 1.807) is 0 Å². The number of hydrogen-bond donors (Lipinski definition) is 1. The van der Waals surface area contributed by atoms with Gasteiger partial charge in [-0.1, -0.05) is 0 Å². The van der Waals surface area contributed by atoms with Gasteiger partial charge in [0.05, 0.1) is 6.61 Å². The maximum Gasteiger partial charge on any atom is 0.319 e. The molecule has 0 aromatic carbocycles. The first kappa shape index (κ1) is 9.34. The molecular formula is C9H15NO2S. The van der Waals surface area contributed by atoms with Crippen molar-refractivity contribution in [2.45, 2.75) is 29.8 Å². The highest BCUT2D eigenvalue weighted by Crippen LogP contribution is 2.30. The third-order valence-corrected chi connectivity index (χ3v) is 4.14. The summed E-state index contributed by atoms with van der Waals surface area (Å²) in [6.45, 7) is 2.82. The van der Waals surface area contributed by atoms with Crippen molar-refractivity contribution in [3.63, 3.8) is 0 Å². The lowest BCUT2D eigenvalue weighted by Crippen LogP contribution is -2.30. The summed E-state index contributed by atoms with van der Waals surface area (Å²) >= 11 is 1.82. The molecule has 13 heavy (non-hydrogen) atoms. The summed E-state index contributed by atoms with van der Waals surface area (Å²) in [6.07, 6.45) is 3.29. The van der Waals surface area contributed by atoms with E-state index in [9.17, 15) is 4.79 Å². The first-order valence-electron chi connectivity index (χ1n) is 4.89. The van der Waals surface area contributed by atoms with Crippen molar-refractivity contribution in [1.82, 2.24) is 5.32 Å². The van der Waals surface area contributed by atoms with E-state index < -0.39 is 0 Å². The van der Waals surface area contributed by atoms with E-state index in [1.807, 2.05) is 11.8 Å². The number of rotatable bonds is 2. The summed E-state index contributed by atoms with van der Waals surface area (Å²) < 4.78 is 4.93. The van der Waals surface area contributed by atoms with Gasteiger partial charge in [-0.05, 0) is 25.9 Å². The van der Waals surface area contributed by atoms with Gasteiger partial charge >= 0.3 is 5.97 Å². The summed E-state index contributed by atoms with van der Waals surface area (Å²) in [5.41, 5.74) is 0. The van der Waals surface area contributed by atoms with Crippen molar-refractivity contribution in [3.8, 4) is 0 Å². The predicted octanol–water partition coefficient (Wildman–Crippen LogP) is 0.787. The molecule has 0 aromatic rings. The highest BCUT2D eigenvalue weighted by Gasteiger charge is 2.30. The average Bonchev–Trinajstić information content (AvgIpc) is 2.54. The topological polar surface area (TPSA) is 38.3 Å². The van der Waals surface area contributed by atoms with Crippen molar-refractivity contribution in [1.29, 1.82) is 0 Å². The fourth-order valence-electron chi connectivity index (χ4n) is 1.76. The van der Waals surface area contributed by atoms with Gasteiger partial charge in [-0.3, -0.25) is 4.79 Å². The molecule has 0 aliphatic carbocycles. The molecule has 2 aliphatic heterocycles. The Labute approximate surface area is 82.6 Å². The highest BCUT2D eigenvalue weighted by molar-refractivity contribution is 8.01. The van der Waals surface area contributed by atoms with Gasteiger partial charge in [0.25, 0.3) is 0 Å². The molecule has 0 spiro atoms. The molecule has 0 bridgehead atoms. The van der Waals surface area contributed by atoms with Gasteiger partial charge in [-0.15, -0.1) is 11.8 Å². The van der Waals surface area contributed by atoms with Crippen LogP contribution in [0.4, 0.5) is 0 Å². The molecule has 0 amide bonds. The number of piperidine rings is 1. The number of hydrogen-bond acceptors (Lipinski definition) is 4. The molecule has 2 heterocycles. The van der Waals surface area contributed by atoms with Gasteiger partial charge < -0.3 is 10.1 Å². The largest absolute Gasteiger partial charge is 0.465 e. The summed E-state index contributed by atoms with van der Waals surface area (Å²) in [7, 11) is 0. The number of thioether (sulfide) groups is 1. The van der Waals surface area contributed by atoms with E-state index in [4.69, 9.17) is 4.74 Å². The molecule has 4 heteroatoms. The molecule has 3 nitrogen and oxygen atoms in total. The Morgan fingerprint density at radius 1 is 1.31 bits per heavy atom. The van der Waals surface area contributed by atoms with Crippen LogP contribution in [0.1, 0.15) is 19.3 Å². The summed E-state index contributed by atoms with van der Waals surface area (Å²) in [5.74, 6) is 0.00327. The Hall–Kier alpha value is -0.220. The molecule has 0 radical (unpaired) electrons. The van der Waals surface area contributed by atoms with Crippen LogP contribution < -0.4 is 5.32 Å². The fourth-order valence-corrected chi connectivity index (χ4v) is 3.15. The maximum atomic E-state index is 11.2. The fraction of sp³-hybridized carbons (Fsp3) is 0.889. The minimum Gasteiger partial charge on any atom is -0.465 e. The molecule has 2 saturated heterocycles. The Morgan fingerprint density at radius 3 is 2.69 bits per heavy atom. The van der Waals surface area contributed by atoms with E-state index in [0.29, 0.717) is 11.9 Å². The molecule has 1 atom stereocenters. The van der Waals surface area contributed by atoms with Gasteiger partial charge in [-0.2, -0.15) is 0 Å². The van der Waals surface area contributed by atoms with E-state index in [1.165, 1.54) is 12.8 Å². The van der Waals surface area contributed by atoms with E-state index in [2.05, 4.69) is 5.32 Å². The van der Waals surface area contributed by atoms with Gasteiger partial charge in [0.15, 0.2) is 0 Å². The molecule has 2 aliphatic rings. The van der Waals surface area contributed by atoms with Gasteiger partial charge in [-0.25, -0.2) is 0 Å². The zero-order chi connectivity index (χ0) is 9.10. The van der Waals surface area contributed by atoms with Crippen LogP contribution in [0.25, 0.3) is 0 Å². The molecule has 74 valence electrons. The molecule has 2 fully saturated rings. The minimum atomic E-state index is 0.00327. The van der Waals surface area contributed by atoms with E-state index >= 15 is 0 Å². The number of carbonyl (C=O) groups is 1. The monoisotopic (exact) mass is 201 g/mol. The van der Waals surface area contributed by atoms with Crippen molar-refractivity contribution in [2.75, 3.05) is 19.7 Å². The second-order valence-electron chi connectivity index (χ2n) is 3.53. The normalized spacial score (nSPS) is 30.5. The van der Waals surface area contributed by atoms with Crippen molar-refractivity contribution >= 4 is 17.7 Å². The van der Waals surface area contributed by atoms with Gasteiger partial charge in [0.1, 0.15) is 5.25 Å². The van der Waals surface area contributed by atoms with E-state index in [-0.39, 0.29) is 11.2 Å². The van der Waals surface area contributed by atoms with Crippen molar-refractivity contribution in [2.24, 2.45) is 0 Å². The number of nitrogens with one attached hydrogen (secondary N) is 1. The van der Waals surface area contributed by atoms with Crippen LogP contribution >= 0.6 is 11.8 Å². The average molecular weight is 201 g/mol. The zero-order valence-corrected chi connectivity index (χ0v) is 8.44. The van der Waals surface area contributed by atoms with Crippen molar-refractivity contribution in [3.05, 3.63) is 0 Å². The standard InChI is InChI=1S/C9H15NO2S/c11-9-8(3-6-12-9)13-7-1-4-10-5-2-7/h7-8,10H,1-6H2. The van der Waals surface area contributed by atoms with Crippen LogP contribution in [-0.4, -0.2) is 36.2 Å². The molecule has 2 rings (SSSR count). The number of ether oxygens (including phenoxy) is 1. The first-order valence-corrected chi connectivity index (χ1v) is 5.83. The van der Waals surface area contributed by atoms with Crippen molar-refractivity contribution < 1.29 is 9.53 Å². The molecule has 1 N–H and O–H groups in total. The lowest BCUT2D eigenvalue weighted by Gasteiger charge is -2.23. The molecular weight excluding hydrogens is 186 g/mol. The smallest absolute Gasteiger partial charge is 0.319 e. The summed E-state index contributed by atoms with van der Waals surface area (Å²) in [4.78, 5) is 11.2. The SMILES string of the molecule is O=C1OCCC1SC1CCNCC1. The molecule has 1 unspecified atom stereocenters. The maximum absolute atomic E-state index is 11.2. The minimum absolute atomic E-state index is 0.00327. The molecule has 0 aromatic heterocycles. The first-order chi connectivity index (χ1) is 6.36. The lowest BCUT2D eigenvalue weighted by atomic mass is 10.2.